The predicted octanol–water partition coefficient (Wildman–Crippen LogP) is 0.239. The number of aromatic nitrogens is 1. The number of ether oxygens (including phenoxy) is 1. The van der Waals surface area contributed by atoms with Crippen LogP contribution in [0.1, 0.15) is 10.4 Å². The van der Waals surface area contributed by atoms with Gasteiger partial charge in [-0.1, -0.05) is 0 Å². The molecule has 5 nitrogen and oxygen atoms in total. The maximum atomic E-state index is 11.3. The molecular formula is C9H13N3O2. The number of rotatable bonds is 4. The highest BCUT2D eigenvalue weighted by molar-refractivity contribution is 5.95. The molecule has 0 saturated heterocycles. The Morgan fingerprint density at radius 2 is 2.50 bits per heavy atom. The first-order valence-electron chi connectivity index (χ1n) is 4.26. The molecule has 5 heteroatoms. The standard InChI is InChI=1S/C9H13N3O2/c1-14-9(13)7-6-11-4-2-8(7)12-5-3-10/h2,4,6H,3,5,10H2,1H3,(H,11,12). The van der Waals surface area contributed by atoms with Crippen LogP contribution >= 0.6 is 0 Å². The topological polar surface area (TPSA) is 77.2 Å². The summed E-state index contributed by atoms with van der Waals surface area (Å²) in [5, 5.41) is 3.01. The van der Waals surface area contributed by atoms with Gasteiger partial charge in [0, 0.05) is 25.5 Å². The number of nitrogens with zero attached hydrogens (tertiary/aromatic N) is 1. The Bertz CT molecular complexity index is 315. The zero-order chi connectivity index (χ0) is 10.4. The lowest BCUT2D eigenvalue weighted by Gasteiger charge is -2.08. The molecule has 0 aromatic carbocycles. The maximum absolute atomic E-state index is 11.3. The van der Waals surface area contributed by atoms with Gasteiger partial charge in [0.1, 0.15) is 5.56 Å². The number of esters is 1. The van der Waals surface area contributed by atoms with Gasteiger partial charge < -0.3 is 15.8 Å². The van der Waals surface area contributed by atoms with Gasteiger partial charge in [-0.25, -0.2) is 4.79 Å². The van der Waals surface area contributed by atoms with Crippen LogP contribution in [0.5, 0.6) is 0 Å². The van der Waals surface area contributed by atoms with Crippen LogP contribution < -0.4 is 11.1 Å². The first kappa shape index (κ1) is 10.5. The van der Waals surface area contributed by atoms with Gasteiger partial charge in [-0.05, 0) is 6.07 Å². The van der Waals surface area contributed by atoms with Gasteiger partial charge in [-0.2, -0.15) is 0 Å². The van der Waals surface area contributed by atoms with Crippen molar-refractivity contribution < 1.29 is 9.53 Å². The lowest BCUT2D eigenvalue weighted by Crippen LogP contribution is -2.15. The van der Waals surface area contributed by atoms with Crippen LogP contribution in [0.4, 0.5) is 5.69 Å². The normalized spacial score (nSPS) is 9.57. The van der Waals surface area contributed by atoms with Gasteiger partial charge in [-0.15, -0.1) is 0 Å². The molecule has 0 aliphatic carbocycles. The van der Waals surface area contributed by atoms with Gasteiger partial charge in [0.05, 0.1) is 12.8 Å². The second kappa shape index (κ2) is 5.18. The molecule has 0 saturated carbocycles. The predicted molar refractivity (Wildman–Crippen MR) is 53.1 cm³/mol. The third-order valence-corrected chi connectivity index (χ3v) is 1.69. The van der Waals surface area contributed by atoms with E-state index in [-0.39, 0.29) is 0 Å². The average molecular weight is 195 g/mol. The second-order valence-corrected chi connectivity index (χ2v) is 2.63. The molecule has 0 atom stereocenters. The van der Waals surface area contributed by atoms with Crippen LogP contribution in [0.25, 0.3) is 0 Å². The summed E-state index contributed by atoms with van der Waals surface area (Å²) in [6, 6.07) is 1.71. The van der Waals surface area contributed by atoms with Crippen LogP contribution in [0.3, 0.4) is 0 Å². The Kier molecular flexibility index (Phi) is 3.87. The van der Waals surface area contributed by atoms with E-state index in [1.165, 1.54) is 13.3 Å². The van der Waals surface area contributed by atoms with Crippen molar-refractivity contribution in [3.8, 4) is 0 Å². The fourth-order valence-electron chi connectivity index (χ4n) is 1.03. The number of carbonyl (C=O) groups excluding carboxylic acids is 1. The lowest BCUT2D eigenvalue weighted by molar-refractivity contribution is 0.0601. The molecule has 3 N–H and O–H groups in total. The largest absolute Gasteiger partial charge is 0.465 e. The molecule has 1 aromatic heterocycles. The first-order valence-corrected chi connectivity index (χ1v) is 4.26. The number of pyridine rings is 1. The van der Waals surface area contributed by atoms with Crippen molar-refractivity contribution in [2.24, 2.45) is 5.73 Å². The molecule has 0 aliphatic rings. The van der Waals surface area contributed by atoms with Gasteiger partial charge in [0.15, 0.2) is 0 Å². The summed E-state index contributed by atoms with van der Waals surface area (Å²) in [5.41, 5.74) is 6.45. The van der Waals surface area contributed by atoms with Crippen LogP contribution in [-0.4, -0.2) is 31.2 Å². The second-order valence-electron chi connectivity index (χ2n) is 2.63. The molecule has 0 unspecified atom stereocenters. The minimum atomic E-state index is -0.405. The number of hydrogen-bond donors (Lipinski definition) is 2. The quantitative estimate of drug-likeness (QED) is 0.673. The van der Waals surface area contributed by atoms with E-state index in [1.54, 1.807) is 12.3 Å². The molecule has 0 fully saturated rings. The number of carbonyl (C=O) groups is 1. The highest BCUT2D eigenvalue weighted by atomic mass is 16.5. The van der Waals surface area contributed by atoms with Crippen LogP contribution in [0.15, 0.2) is 18.5 Å². The fourth-order valence-corrected chi connectivity index (χ4v) is 1.03. The van der Waals surface area contributed by atoms with E-state index in [2.05, 4.69) is 15.0 Å². The van der Waals surface area contributed by atoms with Crippen molar-refractivity contribution in [3.63, 3.8) is 0 Å². The molecule has 0 amide bonds. The number of hydrogen-bond acceptors (Lipinski definition) is 5. The van der Waals surface area contributed by atoms with Gasteiger partial charge in [0.2, 0.25) is 0 Å². The summed E-state index contributed by atoms with van der Waals surface area (Å²) in [7, 11) is 1.34. The summed E-state index contributed by atoms with van der Waals surface area (Å²) < 4.78 is 4.61. The van der Waals surface area contributed by atoms with E-state index in [0.29, 0.717) is 24.3 Å². The Balaban J connectivity index is 2.85. The van der Waals surface area contributed by atoms with Gasteiger partial charge in [0.25, 0.3) is 0 Å². The molecule has 1 heterocycles. The number of nitrogens with two attached hydrogens (primary N) is 1. The fraction of sp³-hybridized carbons (Fsp3) is 0.333. The van der Waals surface area contributed by atoms with Crippen molar-refractivity contribution >= 4 is 11.7 Å². The Morgan fingerprint density at radius 3 is 3.14 bits per heavy atom. The minimum Gasteiger partial charge on any atom is -0.465 e. The van der Waals surface area contributed by atoms with E-state index in [1.807, 2.05) is 0 Å². The lowest BCUT2D eigenvalue weighted by atomic mass is 10.2. The highest BCUT2D eigenvalue weighted by Gasteiger charge is 2.10. The third kappa shape index (κ3) is 2.43. The van der Waals surface area contributed by atoms with E-state index in [0.717, 1.165) is 0 Å². The SMILES string of the molecule is COC(=O)c1cnccc1NCCN. The number of anilines is 1. The maximum Gasteiger partial charge on any atom is 0.341 e. The Labute approximate surface area is 82.3 Å². The van der Waals surface area contributed by atoms with Gasteiger partial charge in [-0.3, -0.25) is 4.98 Å². The summed E-state index contributed by atoms with van der Waals surface area (Å²) >= 11 is 0. The van der Waals surface area contributed by atoms with E-state index >= 15 is 0 Å². The zero-order valence-corrected chi connectivity index (χ0v) is 7.99. The number of nitrogens with one attached hydrogen (secondary N) is 1. The first-order chi connectivity index (χ1) is 6.79. The molecule has 0 radical (unpaired) electrons. The monoisotopic (exact) mass is 195 g/mol. The van der Waals surface area contributed by atoms with Crippen molar-refractivity contribution in [2.75, 3.05) is 25.5 Å². The van der Waals surface area contributed by atoms with Crippen LogP contribution in [0.2, 0.25) is 0 Å². The van der Waals surface area contributed by atoms with Crippen LogP contribution in [-0.2, 0) is 4.74 Å². The number of methoxy groups -OCH3 is 1. The summed E-state index contributed by atoms with van der Waals surface area (Å²) in [6.45, 7) is 1.11. The smallest absolute Gasteiger partial charge is 0.341 e. The van der Waals surface area contributed by atoms with Crippen molar-refractivity contribution in [2.45, 2.75) is 0 Å². The summed E-state index contributed by atoms with van der Waals surface area (Å²) in [5.74, 6) is -0.405. The van der Waals surface area contributed by atoms with E-state index in [4.69, 9.17) is 5.73 Å². The molecular weight excluding hydrogens is 182 g/mol. The third-order valence-electron chi connectivity index (χ3n) is 1.69. The average Bonchev–Trinajstić information content (AvgIpc) is 2.25. The Hall–Kier alpha value is -1.62. The summed E-state index contributed by atoms with van der Waals surface area (Å²) in [6.07, 6.45) is 3.07. The molecule has 0 bridgehead atoms. The van der Waals surface area contributed by atoms with E-state index in [9.17, 15) is 4.79 Å². The Morgan fingerprint density at radius 1 is 1.71 bits per heavy atom. The molecule has 1 rings (SSSR count). The molecule has 14 heavy (non-hydrogen) atoms. The minimum absolute atomic E-state index is 0.405. The molecule has 76 valence electrons. The van der Waals surface area contributed by atoms with Crippen molar-refractivity contribution in [3.05, 3.63) is 24.0 Å². The molecule has 0 spiro atoms. The zero-order valence-electron chi connectivity index (χ0n) is 7.99. The highest BCUT2D eigenvalue weighted by Crippen LogP contribution is 2.13. The van der Waals surface area contributed by atoms with Gasteiger partial charge >= 0.3 is 5.97 Å². The van der Waals surface area contributed by atoms with Crippen molar-refractivity contribution in [1.82, 2.24) is 4.98 Å². The molecule has 0 aliphatic heterocycles. The van der Waals surface area contributed by atoms with Crippen molar-refractivity contribution in [1.29, 1.82) is 0 Å². The van der Waals surface area contributed by atoms with Crippen LogP contribution in [0, 0.1) is 0 Å². The molecule has 1 aromatic rings. The summed E-state index contributed by atoms with van der Waals surface area (Å²) in [4.78, 5) is 15.1. The van der Waals surface area contributed by atoms with E-state index < -0.39 is 5.97 Å².